The fourth-order valence-electron chi connectivity index (χ4n) is 5.84. The molecule has 6 rings (SSSR count). The van der Waals surface area contributed by atoms with Gasteiger partial charge < -0.3 is 19.9 Å². The summed E-state index contributed by atoms with van der Waals surface area (Å²) in [4.78, 5) is 16.6. The molecule has 36 heavy (non-hydrogen) atoms. The molecule has 0 radical (unpaired) electrons. The lowest BCUT2D eigenvalue weighted by Crippen LogP contribution is -2.54. The highest BCUT2D eigenvalue weighted by molar-refractivity contribution is 5.95. The van der Waals surface area contributed by atoms with Gasteiger partial charge in [-0.1, -0.05) is 0 Å². The first-order valence-corrected chi connectivity index (χ1v) is 13.0. The Morgan fingerprint density at radius 2 is 1.97 bits per heavy atom. The minimum atomic E-state index is 0.136. The van der Waals surface area contributed by atoms with Gasteiger partial charge in [-0.15, -0.1) is 0 Å². The van der Waals surface area contributed by atoms with E-state index in [0.717, 1.165) is 87.7 Å². The van der Waals surface area contributed by atoms with Gasteiger partial charge in [-0.2, -0.15) is 5.26 Å². The van der Waals surface area contributed by atoms with Crippen molar-refractivity contribution in [3.63, 3.8) is 0 Å². The average molecular weight is 484 g/mol. The van der Waals surface area contributed by atoms with Gasteiger partial charge in [0, 0.05) is 75.8 Å². The number of nitriles is 1. The van der Waals surface area contributed by atoms with E-state index in [9.17, 15) is 5.26 Å². The summed E-state index contributed by atoms with van der Waals surface area (Å²) in [5.74, 6) is 1.12. The van der Waals surface area contributed by atoms with Crippen LogP contribution in [-0.2, 0) is 17.7 Å². The van der Waals surface area contributed by atoms with Crippen molar-refractivity contribution < 1.29 is 4.74 Å². The number of morpholine rings is 1. The van der Waals surface area contributed by atoms with Gasteiger partial charge in [-0.25, -0.2) is 4.98 Å². The molecule has 8 nitrogen and oxygen atoms in total. The monoisotopic (exact) mass is 483 g/mol. The van der Waals surface area contributed by atoms with Gasteiger partial charge >= 0.3 is 0 Å². The summed E-state index contributed by atoms with van der Waals surface area (Å²) in [6.07, 6.45) is 5.17. The van der Waals surface area contributed by atoms with Crippen LogP contribution in [0.1, 0.15) is 23.6 Å². The minimum absolute atomic E-state index is 0.136. The second kappa shape index (κ2) is 10.0. The van der Waals surface area contributed by atoms with E-state index in [0.29, 0.717) is 5.56 Å². The van der Waals surface area contributed by atoms with Crippen LogP contribution in [0, 0.1) is 11.3 Å². The van der Waals surface area contributed by atoms with Gasteiger partial charge in [-0.05, 0) is 61.3 Å². The molecule has 0 amide bonds. The average Bonchev–Trinajstić information content (AvgIpc) is 2.92. The summed E-state index contributed by atoms with van der Waals surface area (Å²) in [5.41, 5.74) is 5.31. The Kier molecular flexibility index (Phi) is 6.45. The molecule has 2 atom stereocenters. The molecule has 0 aliphatic carbocycles. The summed E-state index contributed by atoms with van der Waals surface area (Å²) in [7, 11) is 0. The predicted molar refractivity (Wildman–Crippen MR) is 141 cm³/mol. The number of nitrogens with zero attached hydrogens (tertiary/aromatic N) is 6. The molecule has 2 saturated heterocycles. The molecule has 2 fully saturated rings. The van der Waals surface area contributed by atoms with Gasteiger partial charge in [0.1, 0.15) is 11.9 Å². The van der Waals surface area contributed by atoms with E-state index in [1.165, 1.54) is 11.1 Å². The second-order valence-electron chi connectivity index (χ2n) is 10.1. The third kappa shape index (κ3) is 4.62. The van der Waals surface area contributed by atoms with E-state index >= 15 is 0 Å². The Morgan fingerprint density at radius 1 is 1.08 bits per heavy atom. The number of rotatable bonds is 4. The van der Waals surface area contributed by atoms with Gasteiger partial charge in [0.15, 0.2) is 0 Å². The molecule has 5 heterocycles. The summed E-state index contributed by atoms with van der Waals surface area (Å²) in [5, 5.41) is 14.0. The largest absolute Gasteiger partial charge is 0.370 e. The van der Waals surface area contributed by atoms with Crippen molar-refractivity contribution in [2.45, 2.75) is 32.1 Å². The smallest absolute Gasteiger partial charge is 0.128 e. The van der Waals surface area contributed by atoms with Crippen molar-refractivity contribution in [2.75, 3.05) is 62.2 Å². The molecule has 1 aromatic carbocycles. The molecule has 1 N–H and O–H groups in total. The Labute approximate surface area is 212 Å². The highest BCUT2D eigenvalue weighted by Gasteiger charge is 2.29. The van der Waals surface area contributed by atoms with Crippen LogP contribution in [0.5, 0.6) is 0 Å². The first-order chi connectivity index (χ1) is 17.7. The van der Waals surface area contributed by atoms with Crippen LogP contribution < -0.4 is 15.1 Å². The van der Waals surface area contributed by atoms with Gasteiger partial charge in [-0.3, -0.25) is 9.88 Å². The Balaban J connectivity index is 1.11. The predicted octanol–water partition coefficient (Wildman–Crippen LogP) is 2.56. The van der Waals surface area contributed by atoms with Crippen LogP contribution in [0.25, 0.3) is 10.9 Å². The summed E-state index contributed by atoms with van der Waals surface area (Å²) >= 11 is 0. The van der Waals surface area contributed by atoms with E-state index in [1.807, 2.05) is 12.1 Å². The molecular formula is C28H33N7O. The maximum atomic E-state index is 9.51. The van der Waals surface area contributed by atoms with Crippen molar-refractivity contribution in [3.05, 3.63) is 59.4 Å². The number of ether oxygens (including phenoxy) is 1. The maximum Gasteiger partial charge on any atom is 0.128 e. The molecule has 3 aliphatic rings. The first-order valence-electron chi connectivity index (χ1n) is 13.0. The number of fused-ring (bicyclic) bond motifs is 2. The molecule has 186 valence electrons. The highest BCUT2D eigenvalue weighted by atomic mass is 16.5. The lowest BCUT2D eigenvalue weighted by atomic mass is 10.0. The van der Waals surface area contributed by atoms with Crippen LogP contribution >= 0.6 is 0 Å². The van der Waals surface area contributed by atoms with Gasteiger partial charge in [0.05, 0.1) is 23.3 Å². The second-order valence-corrected chi connectivity index (χ2v) is 10.1. The van der Waals surface area contributed by atoms with Crippen LogP contribution in [0.2, 0.25) is 0 Å². The topological polar surface area (TPSA) is 80.6 Å². The maximum absolute atomic E-state index is 9.51. The van der Waals surface area contributed by atoms with Crippen molar-refractivity contribution in [2.24, 2.45) is 0 Å². The Bertz CT molecular complexity index is 1280. The third-order valence-corrected chi connectivity index (χ3v) is 7.65. The fraction of sp³-hybridized carbons (Fsp3) is 0.464. The number of piperazine rings is 1. The molecular weight excluding hydrogens is 450 g/mol. The first kappa shape index (κ1) is 23.2. The molecule has 3 aliphatic heterocycles. The SMILES string of the molecule is C[C@@H]1CN(c2ccc(C#N)c3ncccc23)C[C@H](CN2CCN(c3cc4c(cn3)CNCC4)CC2)O1. The van der Waals surface area contributed by atoms with Crippen molar-refractivity contribution in [1.29, 1.82) is 5.26 Å². The highest BCUT2D eigenvalue weighted by Crippen LogP contribution is 2.30. The zero-order valence-electron chi connectivity index (χ0n) is 20.9. The van der Waals surface area contributed by atoms with E-state index in [2.05, 4.69) is 62.4 Å². The summed E-state index contributed by atoms with van der Waals surface area (Å²) < 4.78 is 6.39. The lowest BCUT2D eigenvalue weighted by molar-refractivity contribution is -0.0327. The molecule has 0 spiro atoms. The molecule has 3 aromatic rings. The molecule has 2 aromatic heterocycles. The van der Waals surface area contributed by atoms with Crippen LogP contribution in [-0.4, -0.2) is 79.4 Å². The van der Waals surface area contributed by atoms with Crippen LogP contribution in [0.15, 0.2) is 42.7 Å². The number of pyridine rings is 2. The van der Waals surface area contributed by atoms with Gasteiger partial charge in [0.25, 0.3) is 0 Å². The van der Waals surface area contributed by atoms with E-state index in [4.69, 9.17) is 9.72 Å². The number of nitrogens with one attached hydrogen (secondary N) is 1. The zero-order chi connectivity index (χ0) is 24.5. The van der Waals surface area contributed by atoms with Crippen molar-refractivity contribution in [1.82, 2.24) is 20.2 Å². The van der Waals surface area contributed by atoms with E-state index in [1.54, 1.807) is 6.20 Å². The number of aromatic nitrogens is 2. The van der Waals surface area contributed by atoms with E-state index < -0.39 is 0 Å². The van der Waals surface area contributed by atoms with Crippen LogP contribution in [0.4, 0.5) is 11.5 Å². The number of anilines is 2. The van der Waals surface area contributed by atoms with Crippen molar-refractivity contribution in [3.8, 4) is 6.07 Å². The number of benzene rings is 1. The minimum Gasteiger partial charge on any atom is -0.370 e. The molecule has 0 saturated carbocycles. The number of hydrogen-bond acceptors (Lipinski definition) is 8. The molecule has 8 heteroatoms. The Morgan fingerprint density at radius 3 is 2.83 bits per heavy atom. The quantitative estimate of drug-likeness (QED) is 0.607. The zero-order valence-corrected chi connectivity index (χ0v) is 20.9. The lowest BCUT2D eigenvalue weighted by Gasteiger charge is -2.42. The normalized spacial score (nSPS) is 22.9. The summed E-state index contributed by atoms with van der Waals surface area (Å²) in [6, 6.07) is 12.6. The van der Waals surface area contributed by atoms with Crippen LogP contribution in [0.3, 0.4) is 0 Å². The Hall–Kier alpha value is -3.25. The molecule has 0 unspecified atom stereocenters. The standard InChI is InChI=1S/C28H33N7O/c1-20-17-35(26-5-4-22(14-29)28-25(26)3-2-7-31-28)19-24(36-20)18-33-9-11-34(12-10-33)27-13-21-6-8-30-15-23(21)16-32-27/h2-5,7,13,16,20,24,30H,6,8-12,15,17-19H2,1H3/t20-,24+/m1/s1. The molecule has 0 bridgehead atoms. The summed E-state index contributed by atoms with van der Waals surface area (Å²) in [6.45, 7) is 10.7. The van der Waals surface area contributed by atoms with Crippen molar-refractivity contribution >= 4 is 22.4 Å². The third-order valence-electron chi connectivity index (χ3n) is 7.65. The van der Waals surface area contributed by atoms with E-state index in [-0.39, 0.29) is 12.2 Å². The van der Waals surface area contributed by atoms with Gasteiger partial charge in [0.2, 0.25) is 0 Å². The fourth-order valence-corrected chi connectivity index (χ4v) is 5.84. The number of hydrogen-bond donors (Lipinski definition) is 1.